The third-order valence-electron chi connectivity index (χ3n) is 2.03. The van der Waals surface area contributed by atoms with Crippen molar-refractivity contribution in [2.45, 2.75) is 20.3 Å². The van der Waals surface area contributed by atoms with Crippen molar-refractivity contribution in [3.8, 4) is 0 Å². The molecule has 0 unspecified atom stereocenters. The first kappa shape index (κ1) is 11.0. The summed E-state index contributed by atoms with van der Waals surface area (Å²) in [6.07, 6.45) is 0.423. The van der Waals surface area contributed by atoms with Crippen molar-refractivity contribution in [2.24, 2.45) is 17.8 Å². The Kier molecular flexibility index (Phi) is 3.46. The fourth-order valence-corrected chi connectivity index (χ4v) is 1.11. The fraction of sp³-hybridized carbons (Fsp3) is 0.778. The van der Waals surface area contributed by atoms with E-state index in [2.05, 4.69) is 5.48 Å². The van der Waals surface area contributed by atoms with Crippen LogP contribution in [0.15, 0.2) is 0 Å². The normalized spacial score (nSPS) is 24.8. The SMILES string of the molecule is CC(C)CONC(=O)[C@@H]1C[C@@H]1C(=O)O. The molecule has 0 saturated heterocycles. The van der Waals surface area contributed by atoms with Crippen molar-refractivity contribution in [1.82, 2.24) is 5.48 Å². The van der Waals surface area contributed by atoms with Crippen LogP contribution in [0.3, 0.4) is 0 Å². The van der Waals surface area contributed by atoms with Gasteiger partial charge in [0.15, 0.2) is 0 Å². The molecule has 2 atom stereocenters. The number of carboxylic acids is 1. The van der Waals surface area contributed by atoms with Gasteiger partial charge >= 0.3 is 5.97 Å². The van der Waals surface area contributed by atoms with Gasteiger partial charge in [0.25, 0.3) is 0 Å². The van der Waals surface area contributed by atoms with E-state index in [9.17, 15) is 9.59 Å². The Hall–Kier alpha value is -1.10. The van der Waals surface area contributed by atoms with Crippen molar-refractivity contribution >= 4 is 11.9 Å². The molecular weight excluding hydrogens is 186 g/mol. The predicted octanol–water partition coefficient (Wildman–Crippen LogP) is 0.411. The van der Waals surface area contributed by atoms with Crippen LogP contribution in [0.2, 0.25) is 0 Å². The van der Waals surface area contributed by atoms with Gasteiger partial charge in [-0.05, 0) is 12.3 Å². The van der Waals surface area contributed by atoms with Crippen LogP contribution in [-0.4, -0.2) is 23.6 Å². The number of hydroxylamine groups is 1. The van der Waals surface area contributed by atoms with E-state index in [4.69, 9.17) is 9.94 Å². The van der Waals surface area contributed by atoms with Crippen LogP contribution in [0.1, 0.15) is 20.3 Å². The summed E-state index contributed by atoms with van der Waals surface area (Å²) in [4.78, 5) is 26.5. The lowest BCUT2D eigenvalue weighted by molar-refractivity contribution is -0.142. The second kappa shape index (κ2) is 4.41. The number of aliphatic carboxylic acids is 1. The van der Waals surface area contributed by atoms with Crippen LogP contribution in [0.5, 0.6) is 0 Å². The molecule has 1 saturated carbocycles. The third-order valence-corrected chi connectivity index (χ3v) is 2.03. The summed E-state index contributed by atoms with van der Waals surface area (Å²) < 4.78 is 0. The maximum Gasteiger partial charge on any atom is 0.307 e. The Morgan fingerprint density at radius 2 is 2.14 bits per heavy atom. The van der Waals surface area contributed by atoms with Crippen LogP contribution in [0.4, 0.5) is 0 Å². The van der Waals surface area contributed by atoms with Crippen LogP contribution >= 0.6 is 0 Å². The minimum Gasteiger partial charge on any atom is -0.481 e. The molecule has 0 aliphatic heterocycles. The monoisotopic (exact) mass is 201 g/mol. The standard InChI is InChI=1S/C9H15NO4/c1-5(2)4-14-10-8(11)6-3-7(6)9(12)13/h5-7H,3-4H2,1-2H3,(H,10,11)(H,12,13)/t6-,7+/m1/s1. The van der Waals surface area contributed by atoms with E-state index in [1.165, 1.54) is 0 Å². The minimum atomic E-state index is -0.908. The average Bonchev–Trinajstić information content (AvgIpc) is 2.81. The topological polar surface area (TPSA) is 75.6 Å². The van der Waals surface area contributed by atoms with Crippen molar-refractivity contribution in [3.05, 3.63) is 0 Å². The molecule has 14 heavy (non-hydrogen) atoms. The summed E-state index contributed by atoms with van der Waals surface area (Å²) in [5, 5.41) is 8.57. The molecule has 0 aromatic heterocycles. The van der Waals surface area contributed by atoms with E-state index < -0.39 is 17.8 Å². The zero-order valence-corrected chi connectivity index (χ0v) is 8.32. The van der Waals surface area contributed by atoms with Gasteiger partial charge in [0, 0.05) is 0 Å². The van der Waals surface area contributed by atoms with Crippen molar-refractivity contribution in [2.75, 3.05) is 6.61 Å². The lowest BCUT2D eigenvalue weighted by Gasteiger charge is -2.06. The van der Waals surface area contributed by atoms with E-state index >= 15 is 0 Å². The summed E-state index contributed by atoms with van der Waals surface area (Å²) in [5.74, 6) is -1.81. The predicted molar refractivity (Wildman–Crippen MR) is 48.2 cm³/mol. The minimum absolute atomic E-state index is 0.321. The molecule has 1 aliphatic carbocycles. The van der Waals surface area contributed by atoms with E-state index in [1.54, 1.807) is 0 Å². The van der Waals surface area contributed by atoms with Crippen LogP contribution < -0.4 is 5.48 Å². The molecule has 5 nitrogen and oxygen atoms in total. The number of rotatable bonds is 5. The highest BCUT2D eigenvalue weighted by molar-refractivity contribution is 5.88. The molecule has 0 aromatic rings. The quantitative estimate of drug-likeness (QED) is 0.632. The van der Waals surface area contributed by atoms with E-state index in [0.29, 0.717) is 18.9 Å². The number of hydrogen-bond donors (Lipinski definition) is 2. The number of carbonyl (C=O) groups excluding carboxylic acids is 1. The zero-order valence-electron chi connectivity index (χ0n) is 8.32. The number of carboxylic acid groups (broad SMARTS) is 1. The highest BCUT2D eigenvalue weighted by Crippen LogP contribution is 2.38. The van der Waals surface area contributed by atoms with Gasteiger partial charge in [-0.3, -0.25) is 14.4 Å². The molecule has 1 rings (SSSR count). The second-order valence-electron chi connectivity index (χ2n) is 3.96. The molecule has 0 bridgehead atoms. The Bertz CT molecular complexity index is 239. The van der Waals surface area contributed by atoms with Gasteiger partial charge in [-0.2, -0.15) is 0 Å². The van der Waals surface area contributed by atoms with E-state index in [0.717, 1.165) is 0 Å². The zero-order chi connectivity index (χ0) is 10.7. The molecule has 1 amide bonds. The first-order chi connectivity index (χ1) is 6.52. The fourth-order valence-electron chi connectivity index (χ4n) is 1.11. The second-order valence-corrected chi connectivity index (χ2v) is 3.96. The first-order valence-corrected chi connectivity index (χ1v) is 4.66. The third kappa shape index (κ3) is 2.99. The van der Waals surface area contributed by atoms with Crippen molar-refractivity contribution in [3.63, 3.8) is 0 Å². The largest absolute Gasteiger partial charge is 0.481 e. The Labute approximate surface area is 82.4 Å². The van der Waals surface area contributed by atoms with Crippen molar-refractivity contribution in [1.29, 1.82) is 0 Å². The van der Waals surface area contributed by atoms with Gasteiger partial charge < -0.3 is 5.11 Å². The number of carbonyl (C=O) groups is 2. The average molecular weight is 201 g/mol. The van der Waals surface area contributed by atoms with Gasteiger partial charge in [0.05, 0.1) is 18.4 Å². The number of hydrogen-bond acceptors (Lipinski definition) is 3. The van der Waals surface area contributed by atoms with Gasteiger partial charge in [-0.25, -0.2) is 5.48 Å². The van der Waals surface area contributed by atoms with Crippen LogP contribution in [-0.2, 0) is 14.4 Å². The van der Waals surface area contributed by atoms with E-state index in [-0.39, 0.29) is 5.91 Å². The van der Waals surface area contributed by atoms with E-state index in [1.807, 2.05) is 13.8 Å². The molecule has 5 heteroatoms. The Balaban J connectivity index is 2.15. The van der Waals surface area contributed by atoms with Crippen molar-refractivity contribution < 1.29 is 19.5 Å². The summed E-state index contributed by atoms with van der Waals surface area (Å²) in [7, 11) is 0. The molecule has 1 aliphatic rings. The molecule has 0 radical (unpaired) electrons. The molecule has 0 heterocycles. The van der Waals surface area contributed by atoms with Gasteiger partial charge in [-0.1, -0.05) is 13.8 Å². The molecule has 0 spiro atoms. The molecule has 1 fully saturated rings. The lowest BCUT2D eigenvalue weighted by Crippen LogP contribution is -2.28. The summed E-state index contributed by atoms with van der Waals surface area (Å²) in [6.45, 7) is 4.36. The summed E-state index contributed by atoms with van der Waals surface area (Å²) in [5.41, 5.74) is 2.26. The maximum atomic E-state index is 11.2. The van der Waals surface area contributed by atoms with Crippen LogP contribution in [0.25, 0.3) is 0 Å². The van der Waals surface area contributed by atoms with Gasteiger partial charge in [0.2, 0.25) is 5.91 Å². The first-order valence-electron chi connectivity index (χ1n) is 4.66. The Morgan fingerprint density at radius 3 is 2.57 bits per heavy atom. The van der Waals surface area contributed by atoms with Gasteiger partial charge in [0.1, 0.15) is 0 Å². The number of amides is 1. The molecular formula is C9H15NO4. The molecule has 0 aromatic carbocycles. The Morgan fingerprint density at radius 1 is 1.50 bits per heavy atom. The maximum absolute atomic E-state index is 11.2. The molecule has 2 N–H and O–H groups in total. The highest BCUT2D eigenvalue weighted by atomic mass is 16.7. The summed E-state index contributed by atoms with van der Waals surface area (Å²) >= 11 is 0. The van der Waals surface area contributed by atoms with Crippen LogP contribution in [0, 0.1) is 17.8 Å². The molecule has 80 valence electrons. The number of nitrogens with one attached hydrogen (secondary N) is 1. The lowest BCUT2D eigenvalue weighted by atomic mass is 10.2. The van der Waals surface area contributed by atoms with Gasteiger partial charge in [-0.15, -0.1) is 0 Å². The summed E-state index contributed by atoms with van der Waals surface area (Å²) in [6, 6.07) is 0. The highest BCUT2D eigenvalue weighted by Gasteiger charge is 2.48. The smallest absolute Gasteiger partial charge is 0.307 e.